The first-order valence-corrected chi connectivity index (χ1v) is 7.77. The fourth-order valence-electron chi connectivity index (χ4n) is 2.59. The van der Waals surface area contributed by atoms with Gasteiger partial charge >= 0.3 is 6.18 Å². The van der Waals surface area contributed by atoms with Gasteiger partial charge in [0.15, 0.2) is 0 Å². The predicted octanol–water partition coefficient (Wildman–Crippen LogP) is 5.31. The van der Waals surface area contributed by atoms with Crippen molar-refractivity contribution in [1.82, 2.24) is 5.32 Å². The maximum absolute atomic E-state index is 12.7. The maximum atomic E-state index is 12.7. The van der Waals surface area contributed by atoms with Gasteiger partial charge in [-0.05, 0) is 37.0 Å². The van der Waals surface area contributed by atoms with Crippen molar-refractivity contribution >= 4 is 27.5 Å². The Balaban J connectivity index is 1.90. The Morgan fingerprint density at radius 1 is 1.30 bits per heavy atom. The zero-order valence-electron chi connectivity index (χ0n) is 10.8. The second kappa shape index (κ2) is 6.67. The van der Waals surface area contributed by atoms with Gasteiger partial charge in [-0.1, -0.05) is 40.0 Å². The van der Waals surface area contributed by atoms with Crippen molar-refractivity contribution in [2.75, 3.05) is 0 Å². The summed E-state index contributed by atoms with van der Waals surface area (Å²) < 4.78 is 39.1. The van der Waals surface area contributed by atoms with Gasteiger partial charge in [0, 0.05) is 22.1 Å². The van der Waals surface area contributed by atoms with Crippen LogP contribution in [0.5, 0.6) is 0 Å². The van der Waals surface area contributed by atoms with E-state index in [2.05, 4.69) is 21.2 Å². The van der Waals surface area contributed by atoms with E-state index in [0.717, 1.165) is 16.5 Å². The van der Waals surface area contributed by atoms with E-state index in [9.17, 15) is 13.2 Å². The van der Waals surface area contributed by atoms with Crippen molar-refractivity contribution in [2.24, 2.45) is 5.92 Å². The van der Waals surface area contributed by atoms with Crippen LogP contribution in [0.2, 0.25) is 5.02 Å². The van der Waals surface area contributed by atoms with Crippen LogP contribution < -0.4 is 5.32 Å². The lowest BCUT2D eigenvalue weighted by Gasteiger charge is -2.31. The van der Waals surface area contributed by atoms with Crippen LogP contribution in [0.4, 0.5) is 13.2 Å². The molecule has 20 heavy (non-hydrogen) atoms. The Bertz CT molecular complexity index is 464. The molecule has 0 radical (unpaired) electrons. The van der Waals surface area contributed by atoms with Gasteiger partial charge in [-0.15, -0.1) is 0 Å². The molecule has 1 aromatic rings. The molecular formula is C14H16BrClF3N. The number of rotatable bonds is 3. The lowest BCUT2D eigenvalue weighted by atomic mass is 9.85. The first kappa shape index (κ1) is 16.1. The predicted molar refractivity (Wildman–Crippen MR) is 77.8 cm³/mol. The number of hydrogen-bond donors (Lipinski definition) is 1. The van der Waals surface area contributed by atoms with Crippen LogP contribution in [0.25, 0.3) is 0 Å². The van der Waals surface area contributed by atoms with Gasteiger partial charge in [0.2, 0.25) is 0 Å². The van der Waals surface area contributed by atoms with Crippen molar-refractivity contribution in [3.63, 3.8) is 0 Å². The molecule has 0 bridgehead atoms. The monoisotopic (exact) mass is 369 g/mol. The summed E-state index contributed by atoms with van der Waals surface area (Å²) in [7, 11) is 0. The molecule has 0 saturated heterocycles. The average molecular weight is 371 g/mol. The van der Waals surface area contributed by atoms with E-state index in [1.54, 1.807) is 6.07 Å². The summed E-state index contributed by atoms with van der Waals surface area (Å²) in [6, 6.07) is 5.46. The van der Waals surface area contributed by atoms with Crippen LogP contribution in [0.3, 0.4) is 0 Å². The van der Waals surface area contributed by atoms with E-state index in [4.69, 9.17) is 11.6 Å². The second-order valence-corrected chi connectivity index (χ2v) is 6.54. The molecule has 2 unspecified atom stereocenters. The van der Waals surface area contributed by atoms with Crippen LogP contribution >= 0.6 is 27.5 Å². The number of alkyl halides is 3. The number of benzene rings is 1. The van der Waals surface area contributed by atoms with E-state index in [-0.39, 0.29) is 18.9 Å². The molecule has 1 aromatic carbocycles. The third-order valence-electron chi connectivity index (χ3n) is 3.73. The summed E-state index contributed by atoms with van der Waals surface area (Å²) in [5.41, 5.74) is 0.906. The highest BCUT2D eigenvalue weighted by molar-refractivity contribution is 9.10. The molecule has 1 aliphatic carbocycles. The molecule has 0 amide bonds. The molecule has 2 rings (SSSR count). The minimum atomic E-state index is -4.07. The molecule has 1 N–H and O–H groups in total. The van der Waals surface area contributed by atoms with Crippen molar-refractivity contribution in [1.29, 1.82) is 0 Å². The smallest absolute Gasteiger partial charge is 0.310 e. The molecule has 0 spiro atoms. The number of halogens is 5. The minimum Gasteiger partial charge on any atom is -0.310 e. The number of nitrogens with one attached hydrogen (secondary N) is 1. The lowest BCUT2D eigenvalue weighted by molar-refractivity contribution is -0.183. The largest absolute Gasteiger partial charge is 0.391 e. The quantitative estimate of drug-likeness (QED) is 0.760. The zero-order chi connectivity index (χ0) is 14.8. The Kier molecular flexibility index (Phi) is 5.37. The van der Waals surface area contributed by atoms with Gasteiger partial charge in [-0.25, -0.2) is 0 Å². The van der Waals surface area contributed by atoms with E-state index >= 15 is 0 Å². The molecule has 1 aliphatic rings. The van der Waals surface area contributed by atoms with Crippen molar-refractivity contribution in [2.45, 2.75) is 44.4 Å². The number of hydrogen-bond acceptors (Lipinski definition) is 1. The fourth-order valence-corrected chi connectivity index (χ4v) is 3.33. The SMILES string of the molecule is FC(F)(F)C1CCCC(NCc2ccc(Br)cc2Cl)C1. The van der Waals surface area contributed by atoms with Crippen LogP contribution in [0.15, 0.2) is 22.7 Å². The van der Waals surface area contributed by atoms with Gasteiger partial charge in [0.1, 0.15) is 0 Å². The third kappa shape index (κ3) is 4.37. The molecule has 0 heterocycles. The lowest BCUT2D eigenvalue weighted by Crippen LogP contribution is -2.38. The van der Waals surface area contributed by atoms with E-state index in [1.807, 2.05) is 12.1 Å². The topological polar surface area (TPSA) is 12.0 Å². The molecule has 112 valence electrons. The van der Waals surface area contributed by atoms with Gasteiger partial charge < -0.3 is 5.32 Å². The normalized spacial score (nSPS) is 23.9. The maximum Gasteiger partial charge on any atom is 0.391 e. The van der Waals surface area contributed by atoms with Gasteiger partial charge in [-0.2, -0.15) is 13.2 Å². The molecular weight excluding hydrogens is 355 g/mol. The first-order chi connectivity index (χ1) is 9.36. The Labute approximate surface area is 130 Å². The summed E-state index contributed by atoms with van der Waals surface area (Å²) >= 11 is 9.42. The Morgan fingerprint density at radius 3 is 2.70 bits per heavy atom. The van der Waals surface area contributed by atoms with E-state index in [0.29, 0.717) is 18.0 Å². The van der Waals surface area contributed by atoms with Gasteiger partial charge in [-0.3, -0.25) is 0 Å². The fraction of sp³-hybridized carbons (Fsp3) is 0.571. The molecule has 1 saturated carbocycles. The minimum absolute atomic E-state index is 0.0879. The highest BCUT2D eigenvalue weighted by atomic mass is 79.9. The van der Waals surface area contributed by atoms with Gasteiger partial charge in [0.05, 0.1) is 5.92 Å². The van der Waals surface area contributed by atoms with Crippen molar-refractivity contribution in [3.8, 4) is 0 Å². The molecule has 0 aromatic heterocycles. The Hall–Kier alpha value is -0.260. The second-order valence-electron chi connectivity index (χ2n) is 5.22. The first-order valence-electron chi connectivity index (χ1n) is 6.60. The summed E-state index contributed by atoms with van der Waals surface area (Å²) in [5, 5.41) is 3.82. The highest BCUT2D eigenvalue weighted by Crippen LogP contribution is 2.37. The molecule has 2 atom stereocenters. The van der Waals surface area contributed by atoms with Crippen LogP contribution in [0, 0.1) is 5.92 Å². The average Bonchev–Trinajstić information content (AvgIpc) is 2.37. The van der Waals surface area contributed by atoms with Crippen molar-refractivity contribution < 1.29 is 13.2 Å². The summed E-state index contributed by atoms with van der Waals surface area (Å²) in [6.45, 7) is 0.501. The molecule has 1 fully saturated rings. The standard InChI is InChI=1S/C14H16BrClF3N/c15-11-5-4-9(13(16)7-11)8-20-12-3-1-2-10(6-12)14(17,18)19/h4-5,7,10,12,20H,1-3,6,8H2. The van der Waals surface area contributed by atoms with Crippen LogP contribution in [-0.4, -0.2) is 12.2 Å². The van der Waals surface area contributed by atoms with E-state index < -0.39 is 12.1 Å². The molecule has 0 aliphatic heterocycles. The highest BCUT2D eigenvalue weighted by Gasteiger charge is 2.41. The third-order valence-corrected chi connectivity index (χ3v) is 4.58. The van der Waals surface area contributed by atoms with Crippen LogP contribution in [-0.2, 0) is 6.54 Å². The van der Waals surface area contributed by atoms with E-state index in [1.165, 1.54) is 0 Å². The molecule has 1 nitrogen and oxygen atoms in total. The summed E-state index contributed by atoms with van der Waals surface area (Å²) in [4.78, 5) is 0. The van der Waals surface area contributed by atoms with Gasteiger partial charge in [0.25, 0.3) is 0 Å². The van der Waals surface area contributed by atoms with Crippen LogP contribution in [0.1, 0.15) is 31.2 Å². The summed E-state index contributed by atoms with van der Waals surface area (Å²) in [5.74, 6) is -1.17. The molecule has 6 heteroatoms. The van der Waals surface area contributed by atoms with Crippen molar-refractivity contribution in [3.05, 3.63) is 33.3 Å². The zero-order valence-corrected chi connectivity index (χ0v) is 13.2. The Morgan fingerprint density at radius 2 is 2.05 bits per heavy atom. The summed E-state index contributed by atoms with van der Waals surface area (Å²) in [6.07, 6.45) is -2.25.